The molecule has 0 aromatic heterocycles. The highest BCUT2D eigenvalue weighted by molar-refractivity contribution is 7.07. The van der Waals surface area contributed by atoms with E-state index in [0.29, 0.717) is 41.2 Å². The molecule has 0 N–H and O–H groups in total. The van der Waals surface area contributed by atoms with Crippen molar-refractivity contribution >= 4 is 171 Å². The Morgan fingerprint density at radius 3 is 1.17 bits per heavy atom. The number of hydrogen-bond acceptors (Lipinski definition) is 14. The molecule has 14 nitrogen and oxygen atoms in total. The van der Waals surface area contributed by atoms with Crippen molar-refractivity contribution < 1.29 is 57.9 Å². The molecule has 9 aromatic rings. The highest BCUT2D eigenvalue weighted by atomic mass is 35.5. The van der Waals surface area contributed by atoms with E-state index in [1.807, 2.05) is 297 Å². The molecule has 6 bridgehead atoms. The second kappa shape index (κ2) is 25.9. The molecule has 10 atom stereocenters. The summed E-state index contributed by atoms with van der Waals surface area (Å²) in [4.78, 5) is 0. The van der Waals surface area contributed by atoms with Crippen molar-refractivity contribution in [3.63, 3.8) is 0 Å². The maximum atomic E-state index is 8.58. The van der Waals surface area contributed by atoms with Gasteiger partial charge in [-0.05, 0) is 65.1 Å². The molecular weight excluding hydrogens is 1340 g/mol. The van der Waals surface area contributed by atoms with E-state index >= 15 is 0 Å². The lowest BCUT2D eigenvalue weighted by molar-refractivity contribution is 0.0914. The van der Waals surface area contributed by atoms with E-state index in [1.165, 1.54) is 0 Å². The fourth-order valence-electron chi connectivity index (χ4n) is 10.7. The van der Waals surface area contributed by atoms with Crippen LogP contribution in [0.15, 0.2) is 272 Å². The Labute approximate surface area is 537 Å². The maximum absolute atomic E-state index is 8.58. The summed E-state index contributed by atoms with van der Waals surface area (Å²) in [5.74, 6) is 0. The summed E-state index contributed by atoms with van der Waals surface area (Å²) in [6.45, 7) is 3.93. The molecule has 4 saturated heterocycles. The topological polar surface area (TPSA) is 129 Å². The number of halogens is 2. The molecule has 0 saturated carbocycles. The molecule has 10 unspecified atom stereocenters. The Kier molecular flexibility index (Phi) is 18.1. The normalized spacial score (nSPS) is 31.0. The minimum atomic E-state index is -5.20. The zero-order valence-electron chi connectivity index (χ0n) is 48.0. The summed E-state index contributed by atoms with van der Waals surface area (Å²) >= 11 is 13.0. The maximum Gasteiger partial charge on any atom is 0.521 e. The van der Waals surface area contributed by atoms with E-state index in [1.54, 1.807) is 0 Å². The molecule has 13 rings (SSSR count). The van der Waals surface area contributed by atoms with Crippen LogP contribution in [0.3, 0.4) is 0 Å². The van der Waals surface area contributed by atoms with E-state index < -0.39 is 88.5 Å². The number of hydrogen-bond donors (Lipinski definition) is 0. The van der Waals surface area contributed by atoms with Crippen LogP contribution in [-0.4, -0.2) is 105 Å². The van der Waals surface area contributed by atoms with Gasteiger partial charge in [0.15, 0.2) is 0 Å². The van der Waals surface area contributed by atoms with Crippen molar-refractivity contribution in [1.82, 2.24) is 0 Å². The minimum absolute atomic E-state index is 0.0928. The summed E-state index contributed by atoms with van der Waals surface area (Å²) in [6.07, 6.45) is 3.74. The first kappa shape index (κ1) is 61.7. The van der Waals surface area contributed by atoms with Gasteiger partial charge < -0.3 is 57.9 Å². The smallest absolute Gasteiger partial charge is 0.422 e. The molecule has 0 aliphatic carbocycles. The van der Waals surface area contributed by atoms with Crippen LogP contribution in [0.5, 0.6) is 0 Å². The summed E-state index contributed by atoms with van der Waals surface area (Å²) in [5.41, 5.74) is 5.61. The second-order valence-electron chi connectivity index (χ2n) is 21.3. The van der Waals surface area contributed by atoms with Gasteiger partial charge in [-0.25, -0.2) is 0 Å². The lowest BCUT2D eigenvalue weighted by Gasteiger charge is -2.53. The van der Waals surface area contributed by atoms with Crippen molar-refractivity contribution in [2.75, 3.05) is 6.23 Å². The van der Waals surface area contributed by atoms with Crippen LogP contribution in [0.4, 0.5) is 0 Å². The van der Waals surface area contributed by atoms with E-state index in [4.69, 9.17) is 81.1 Å². The van der Waals surface area contributed by atoms with E-state index in [2.05, 4.69) is 0 Å². The molecule has 4 fully saturated rings. The second-order valence-corrected chi connectivity index (χ2v) is 51.8. The molecule has 27 heteroatoms. The number of benzene rings is 9. The van der Waals surface area contributed by atoms with Gasteiger partial charge in [-0.15, -0.1) is 0 Å². The van der Waals surface area contributed by atoms with Gasteiger partial charge in [-0.1, -0.05) is 272 Å². The monoisotopic (exact) mass is 1390 g/mol. The van der Waals surface area contributed by atoms with Crippen LogP contribution in [-0.2, 0) is 57.9 Å². The number of fused-ring (bicyclic) bond motifs is 6. The average Bonchev–Trinajstić information content (AvgIpc) is 0.992. The van der Waals surface area contributed by atoms with Crippen LogP contribution < -0.4 is 36.3 Å². The Hall–Kier alpha value is -5.13. The van der Waals surface area contributed by atoms with Gasteiger partial charge in [0.1, 0.15) is 10.5 Å². The first-order valence-corrected chi connectivity index (χ1v) is 48.5. The highest BCUT2D eigenvalue weighted by Gasteiger charge is 2.75. The van der Waals surface area contributed by atoms with E-state index in [-0.39, 0.29) is 16.7 Å². The molecule has 0 spiro atoms. The van der Waals surface area contributed by atoms with Gasteiger partial charge in [0, 0.05) is 41.2 Å². The van der Waals surface area contributed by atoms with Gasteiger partial charge >= 0.3 is 88.5 Å². The Balaban J connectivity index is 1.23. The zero-order chi connectivity index (χ0) is 60.3. The average molecular weight is 1400 g/mol. The predicted molar refractivity (Wildman–Crippen MR) is 366 cm³/mol. The quantitative estimate of drug-likeness (QED) is 0.124. The standard InChI is InChI=1S/C61H60Cl2O14Si11/c1-81(48-46-51-38-42-53(62)43-39-51)66-79-50-64-83(56-26-12-4-13-27-56)68-80(55-24-10-3-11-25-55)69-86(59-32-18-7-19-33-59)71-82(2,49-47-52-40-44-54(63)45-41-52)72-87(73-83,60-34-20-8-21-35-60)75-85(67-79,58-30-16-6-17-31-58)76-88(77-86,61-36-22-9-23-37-61)74-84(65-78,70-81)57-28-14-5-15-29-57/h3-49,79-80H,50H2,1-2,78H3/b48-46+,49-47+. The first-order valence-electron chi connectivity index (χ1n) is 28.5. The number of rotatable bonds is 12. The van der Waals surface area contributed by atoms with Gasteiger partial charge in [-0.2, -0.15) is 0 Å². The van der Waals surface area contributed by atoms with Crippen LogP contribution >= 0.6 is 23.2 Å². The lowest BCUT2D eigenvalue weighted by atomic mass is 10.2. The summed E-state index contributed by atoms with van der Waals surface area (Å²) in [6, 6.07) is 83.2. The first-order chi connectivity index (χ1) is 42.8. The minimum Gasteiger partial charge on any atom is -0.422 e. The van der Waals surface area contributed by atoms with Crippen LogP contribution in [0.25, 0.3) is 12.2 Å². The molecular formula is C61H60Cl2O14Si11. The molecule has 88 heavy (non-hydrogen) atoms. The van der Waals surface area contributed by atoms with Crippen LogP contribution in [0, 0.1) is 0 Å². The van der Waals surface area contributed by atoms with Crippen molar-refractivity contribution in [2.24, 2.45) is 0 Å². The van der Waals surface area contributed by atoms with Gasteiger partial charge in [0.2, 0.25) is 0 Å². The third-order valence-corrected chi connectivity index (χ3v) is 55.9. The highest BCUT2D eigenvalue weighted by Crippen LogP contribution is 2.41. The van der Waals surface area contributed by atoms with Crippen LogP contribution in [0.2, 0.25) is 23.1 Å². The SMILES string of the molecule is C[Si]1(/C=C/c2ccc(Cl)cc2)O[SiH]2CO[Si]3(c4ccccc4)O[SiH](c4ccccc4)O[Si]4(c5ccccc5)O[Si](C)(/C=C/c5ccc(Cl)cc5)O[Si](c5ccccc5)(O3)O[Si](c3ccccc3)(O2)O[Si](c2ccccc2)(O[Si](O[SiH3])(c2ccccc2)O1)O4. The molecule has 9 aromatic carbocycles. The third kappa shape index (κ3) is 12.9. The molecule has 446 valence electrons. The fraction of sp³-hybridized carbons (Fsp3) is 0.0492. The molecule has 0 radical (unpaired) electrons. The molecule has 4 aliphatic heterocycles. The van der Waals surface area contributed by atoms with E-state index in [9.17, 15) is 0 Å². The van der Waals surface area contributed by atoms with Gasteiger partial charge in [0.25, 0.3) is 0 Å². The Morgan fingerprint density at radius 2 is 0.716 bits per heavy atom. The summed E-state index contributed by atoms with van der Waals surface area (Å²) in [5, 5.41) is 5.21. The Morgan fingerprint density at radius 1 is 0.364 bits per heavy atom. The summed E-state index contributed by atoms with van der Waals surface area (Å²) < 4.78 is 114. The predicted octanol–water partition coefficient (Wildman–Crippen LogP) is 6.47. The molecule has 4 heterocycles. The van der Waals surface area contributed by atoms with Crippen molar-refractivity contribution in [1.29, 1.82) is 0 Å². The van der Waals surface area contributed by atoms with E-state index in [0.717, 1.165) is 16.3 Å². The van der Waals surface area contributed by atoms with Crippen molar-refractivity contribution in [3.05, 3.63) is 293 Å². The van der Waals surface area contributed by atoms with Crippen LogP contribution in [0.1, 0.15) is 11.1 Å². The van der Waals surface area contributed by atoms with Crippen molar-refractivity contribution in [2.45, 2.75) is 13.1 Å². The Bertz CT molecular complexity index is 3890. The third-order valence-electron chi connectivity index (χ3n) is 14.9. The van der Waals surface area contributed by atoms with Gasteiger partial charge in [0.05, 0.1) is 6.23 Å². The largest absolute Gasteiger partial charge is 0.521 e. The van der Waals surface area contributed by atoms with Gasteiger partial charge in [-0.3, -0.25) is 0 Å². The lowest BCUT2D eigenvalue weighted by Crippen LogP contribution is -2.85. The summed E-state index contributed by atoms with van der Waals surface area (Å²) in [7, 11) is -45.1. The fourth-order valence-corrected chi connectivity index (χ4v) is 61.5. The zero-order valence-corrected chi connectivity index (χ0v) is 61.8. The molecule has 4 aliphatic rings. The molecule has 0 amide bonds. The van der Waals surface area contributed by atoms with Crippen molar-refractivity contribution in [3.8, 4) is 0 Å².